The van der Waals surface area contributed by atoms with Gasteiger partial charge in [0, 0.05) is 5.69 Å². The van der Waals surface area contributed by atoms with Crippen molar-refractivity contribution < 1.29 is 13.6 Å². The first-order chi connectivity index (χ1) is 12.6. The predicted octanol–water partition coefficient (Wildman–Crippen LogP) is 4.13. The molecule has 1 amide bonds. The number of thioether (sulfide) groups is 1. The molecule has 0 atom stereocenters. The number of aromatic nitrogens is 2. The molecule has 0 fully saturated rings. The van der Waals surface area contributed by atoms with Crippen LogP contribution >= 0.6 is 23.4 Å². The molecule has 1 N–H and O–H groups in total. The normalized spacial score (nSPS) is 10.3. The van der Waals surface area contributed by atoms with Gasteiger partial charge in [-0.1, -0.05) is 35.5 Å². The van der Waals surface area contributed by atoms with E-state index >= 15 is 0 Å². The van der Waals surface area contributed by atoms with Gasteiger partial charge in [0.2, 0.25) is 5.91 Å². The second-order valence-electron chi connectivity index (χ2n) is 5.00. The molecule has 2 aromatic carbocycles. The van der Waals surface area contributed by atoms with E-state index in [9.17, 15) is 9.18 Å². The number of benzene rings is 2. The Labute approximate surface area is 157 Å². The molecule has 1 heterocycles. The van der Waals surface area contributed by atoms with Crippen LogP contribution in [0.5, 0.6) is 0 Å². The maximum Gasteiger partial charge on any atom is 0.277 e. The van der Waals surface area contributed by atoms with Crippen LogP contribution < -0.4 is 5.32 Å². The summed E-state index contributed by atoms with van der Waals surface area (Å²) in [6.45, 7) is 0. The van der Waals surface area contributed by atoms with Gasteiger partial charge in [0.15, 0.2) is 0 Å². The first-order valence-electron chi connectivity index (χ1n) is 7.27. The highest BCUT2D eigenvalue weighted by Gasteiger charge is 2.14. The van der Waals surface area contributed by atoms with Gasteiger partial charge in [0.25, 0.3) is 11.1 Å². The average Bonchev–Trinajstić information content (AvgIpc) is 3.09. The maximum absolute atomic E-state index is 13.7. The average molecular weight is 389 g/mol. The number of halogens is 2. The van der Waals surface area contributed by atoms with E-state index in [1.165, 1.54) is 24.3 Å². The minimum Gasteiger partial charge on any atom is -0.411 e. The highest BCUT2D eigenvalue weighted by molar-refractivity contribution is 7.99. The first kappa shape index (κ1) is 17.9. The van der Waals surface area contributed by atoms with Crippen molar-refractivity contribution >= 4 is 35.0 Å². The van der Waals surface area contributed by atoms with E-state index < -0.39 is 5.82 Å². The molecule has 0 aliphatic heterocycles. The first-order valence-corrected chi connectivity index (χ1v) is 8.64. The molecule has 0 radical (unpaired) electrons. The lowest BCUT2D eigenvalue weighted by Gasteiger charge is -2.05. The molecule has 0 spiro atoms. The number of nitrogens with zero attached hydrogens (tertiary/aromatic N) is 3. The van der Waals surface area contributed by atoms with E-state index in [1.807, 2.05) is 6.07 Å². The summed E-state index contributed by atoms with van der Waals surface area (Å²) in [5, 5.41) is 19.5. The Morgan fingerprint density at radius 2 is 2.12 bits per heavy atom. The number of nitriles is 1. The van der Waals surface area contributed by atoms with Crippen molar-refractivity contribution in [2.24, 2.45) is 0 Å². The molecule has 0 saturated heterocycles. The van der Waals surface area contributed by atoms with Crippen LogP contribution in [0, 0.1) is 17.1 Å². The molecule has 0 saturated carbocycles. The van der Waals surface area contributed by atoms with Crippen LogP contribution in [0.1, 0.15) is 5.56 Å². The van der Waals surface area contributed by atoms with Gasteiger partial charge >= 0.3 is 0 Å². The summed E-state index contributed by atoms with van der Waals surface area (Å²) in [7, 11) is 0. The van der Waals surface area contributed by atoms with Crippen molar-refractivity contribution in [3.8, 4) is 17.5 Å². The lowest BCUT2D eigenvalue weighted by molar-refractivity contribution is -0.113. The van der Waals surface area contributed by atoms with E-state index in [0.717, 1.165) is 11.8 Å². The third kappa shape index (κ3) is 4.20. The SMILES string of the molecule is N#Cc1ccc(NC(=O)CSc2nnc(-c3ccccc3F)o2)cc1Cl. The topological polar surface area (TPSA) is 91.8 Å². The number of nitrogens with one attached hydrogen (secondary N) is 1. The molecule has 26 heavy (non-hydrogen) atoms. The number of amides is 1. The van der Waals surface area contributed by atoms with Crippen molar-refractivity contribution in [3.63, 3.8) is 0 Å². The minimum atomic E-state index is -0.469. The van der Waals surface area contributed by atoms with Gasteiger partial charge in [-0.3, -0.25) is 4.79 Å². The van der Waals surface area contributed by atoms with E-state index in [1.54, 1.807) is 18.2 Å². The van der Waals surface area contributed by atoms with Crippen molar-refractivity contribution in [1.29, 1.82) is 5.26 Å². The molecule has 3 rings (SSSR count). The Hall–Kier alpha value is -2.89. The number of anilines is 1. The molecule has 130 valence electrons. The fourth-order valence-corrected chi connectivity index (χ4v) is 2.81. The van der Waals surface area contributed by atoms with E-state index in [2.05, 4.69) is 15.5 Å². The summed E-state index contributed by atoms with van der Waals surface area (Å²) in [6, 6.07) is 12.6. The molecular weight excluding hydrogens is 379 g/mol. The molecule has 6 nitrogen and oxygen atoms in total. The Balaban J connectivity index is 1.59. The second kappa shape index (κ2) is 7.99. The number of carbonyl (C=O) groups excluding carboxylic acids is 1. The van der Waals surface area contributed by atoms with Crippen LogP contribution in [-0.4, -0.2) is 21.9 Å². The van der Waals surface area contributed by atoms with Crippen LogP contribution in [0.3, 0.4) is 0 Å². The van der Waals surface area contributed by atoms with Crippen molar-refractivity contribution in [2.75, 3.05) is 11.1 Å². The summed E-state index contributed by atoms with van der Waals surface area (Å²) in [6.07, 6.45) is 0. The summed E-state index contributed by atoms with van der Waals surface area (Å²) in [4.78, 5) is 12.0. The Morgan fingerprint density at radius 3 is 2.85 bits per heavy atom. The van der Waals surface area contributed by atoms with Gasteiger partial charge < -0.3 is 9.73 Å². The van der Waals surface area contributed by atoms with E-state index in [-0.39, 0.29) is 33.4 Å². The van der Waals surface area contributed by atoms with Crippen LogP contribution in [0.25, 0.3) is 11.5 Å². The fraction of sp³-hybridized carbons (Fsp3) is 0.0588. The van der Waals surface area contributed by atoms with Gasteiger partial charge in [-0.2, -0.15) is 5.26 Å². The largest absolute Gasteiger partial charge is 0.411 e. The summed E-state index contributed by atoms with van der Waals surface area (Å²) < 4.78 is 19.1. The van der Waals surface area contributed by atoms with Gasteiger partial charge in [0.05, 0.1) is 21.9 Å². The van der Waals surface area contributed by atoms with Gasteiger partial charge in [-0.05, 0) is 30.3 Å². The third-order valence-electron chi connectivity index (χ3n) is 3.21. The smallest absolute Gasteiger partial charge is 0.277 e. The summed E-state index contributed by atoms with van der Waals surface area (Å²) >= 11 is 6.94. The molecular formula is C17H10ClFN4O2S. The number of hydrogen-bond acceptors (Lipinski definition) is 6. The maximum atomic E-state index is 13.7. The quantitative estimate of drug-likeness (QED) is 0.660. The zero-order valence-corrected chi connectivity index (χ0v) is 14.6. The van der Waals surface area contributed by atoms with Crippen molar-refractivity contribution in [1.82, 2.24) is 10.2 Å². The van der Waals surface area contributed by atoms with Crippen LogP contribution in [0.4, 0.5) is 10.1 Å². The number of carbonyl (C=O) groups is 1. The van der Waals surface area contributed by atoms with Gasteiger partial charge in [-0.25, -0.2) is 4.39 Å². The molecule has 0 aliphatic rings. The predicted molar refractivity (Wildman–Crippen MR) is 95.2 cm³/mol. The molecule has 0 unspecified atom stereocenters. The van der Waals surface area contributed by atoms with E-state index in [4.69, 9.17) is 21.3 Å². The molecule has 0 aliphatic carbocycles. The summed E-state index contributed by atoms with van der Waals surface area (Å²) in [5.41, 5.74) is 0.992. The Morgan fingerprint density at radius 1 is 1.31 bits per heavy atom. The standard InChI is InChI=1S/C17H10ClFN4O2S/c18-13-7-11(6-5-10(13)8-20)21-15(24)9-26-17-23-22-16(25-17)12-3-1-2-4-14(12)19/h1-7H,9H2,(H,21,24). The van der Waals surface area contributed by atoms with Crippen LogP contribution in [-0.2, 0) is 4.79 Å². The lowest BCUT2D eigenvalue weighted by Crippen LogP contribution is -2.14. The molecule has 9 heteroatoms. The van der Waals surface area contributed by atoms with Crippen LogP contribution in [0.15, 0.2) is 52.1 Å². The number of rotatable bonds is 5. The molecule has 1 aromatic heterocycles. The molecule has 0 bridgehead atoms. The zero-order chi connectivity index (χ0) is 18.5. The summed E-state index contributed by atoms with van der Waals surface area (Å²) in [5.74, 6) is -0.731. The Kier molecular flexibility index (Phi) is 5.51. The Bertz CT molecular complexity index is 1000. The third-order valence-corrected chi connectivity index (χ3v) is 4.34. The monoisotopic (exact) mass is 388 g/mol. The lowest BCUT2D eigenvalue weighted by atomic mass is 10.2. The second-order valence-corrected chi connectivity index (χ2v) is 6.33. The van der Waals surface area contributed by atoms with Crippen molar-refractivity contribution in [3.05, 3.63) is 58.9 Å². The molecule has 3 aromatic rings. The highest BCUT2D eigenvalue weighted by atomic mass is 35.5. The highest BCUT2D eigenvalue weighted by Crippen LogP contribution is 2.25. The number of hydrogen-bond donors (Lipinski definition) is 1. The van der Waals surface area contributed by atoms with Crippen molar-refractivity contribution in [2.45, 2.75) is 5.22 Å². The zero-order valence-electron chi connectivity index (χ0n) is 13.1. The van der Waals surface area contributed by atoms with Crippen LogP contribution in [0.2, 0.25) is 5.02 Å². The van der Waals surface area contributed by atoms with Gasteiger partial charge in [0.1, 0.15) is 11.9 Å². The minimum absolute atomic E-state index is 0.0104. The fourth-order valence-electron chi connectivity index (χ4n) is 2.02. The van der Waals surface area contributed by atoms with Gasteiger partial charge in [-0.15, -0.1) is 10.2 Å². The van der Waals surface area contributed by atoms with E-state index in [0.29, 0.717) is 11.3 Å².